The van der Waals surface area contributed by atoms with Crippen LogP contribution in [0.2, 0.25) is 0 Å². The lowest BCUT2D eigenvalue weighted by atomic mass is 9.95. The summed E-state index contributed by atoms with van der Waals surface area (Å²) in [5.74, 6) is -0.271. The maximum absolute atomic E-state index is 12.1. The molecule has 2 N–H and O–H groups in total. The molecule has 0 spiro atoms. The first kappa shape index (κ1) is 16.2. The van der Waals surface area contributed by atoms with Crippen LogP contribution in [0, 0.1) is 0 Å². The van der Waals surface area contributed by atoms with Crippen molar-refractivity contribution in [3.05, 3.63) is 5.38 Å². The van der Waals surface area contributed by atoms with Gasteiger partial charge in [0.2, 0.25) is 21.8 Å². The molecule has 0 saturated heterocycles. The number of hydrogen-bond acceptors (Lipinski definition) is 6. The molecule has 0 bridgehead atoms. The third kappa shape index (κ3) is 4.39. The van der Waals surface area contributed by atoms with Gasteiger partial charge in [0.15, 0.2) is 4.90 Å². The first-order chi connectivity index (χ1) is 10.0. The Morgan fingerprint density at radius 3 is 2.81 bits per heavy atom. The molecule has 0 unspecified atom stereocenters. The molecule has 0 aliphatic heterocycles. The highest BCUT2D eigenvalue weighted by molar-refractivity contribution is 7.89. The first-order valence-corrected chi connectivity index (χ1v) is 9.12. The van der Waals surface area contributed by atoms with Gasteiger partial charge in [-0.3, -0.25) is 4.79 Å². The molecule has 1 aliphatic rings. The normalized spacial score (nSPS) is 16.6. The molecule has 118 valence electrons. The summed E-state index contributed by atoms with van der Waals surface area (Å²) in [5, 5.41) is 4.23. The summed E-state index contributed by atoms with van der Waals surface area (Å²) < 4.78 is 35.1. The van der Waals surface area contributed by atoms with Gasteiger partial charge >= 0.3 is 0 Å². The van der Waals surface area contributed by atoms with E-state index in [0.29, 0.717) is 0 Å². The van der Waals surface area contributed by atoms with E-state index in [1.807, 2.05) is 0 Å². The average molecular weight is 333 g/mol. The van der Waals surface area contributed by atoms with Crippen molar-refractivity contribution >= 4 is 27.5 Å². The molecule has 21 heavy (non-hydrogen) atoms. The summed E-state index contributed by atoms with van der Waals surface area (Å²) in [6.07, 6.45) is 5.33. The molecule has 2 rings (SSSR count). The van der Waals surface area contributed by atoms with Gasteiger partial charge in [-0.25, -0.2) is 13.1 Å². The Morgan fingerprint density at radius 2 is 2.14 bits per heavy atom. The number of carbonyl (C=O) groups excluding carboxylic acids is 1. The number of sulfonamides is 1. The molecule has 1 saturated carbocycles. The number of methoxy groups -OCH3 is 1. The topological polar surface area (TPSA) is 97.4 Å². The zero-order valence-electron chi connectivity index (χ0n) is 11.8. The molecule has 1 fully saturated rings. The largest absolute Gasteiger partial charge is 0.479 e. The number of rotatable bonds is 6. The average Bonchev–Trinajstić information content (AvgIpc) is 2.96. The van der Waals surface area contributed by atoms with E-state index in [0.717, 1.165) is 37.2 Å². The van der Waals surface area contributed by atoms with Crippen LogP contribution in [-0.2, 0) is 14.8 Å². The molecule has 1 aromatic heterocycles. The summed E-state index contributed by atoms with van der Waals surface area (Å²) >= 11 is 0.986. The van der Waals surface area contributed by atoms with Crippen molar-refractivity contribution in [1.29, 1.82) is 0 Å². The minimum atomic E-state index is -3.78. The van der Waals surface area contributed by atoms with Crippen molar-refractivity contribution in [2.75, 3.05) is 13.7 Å². The van der Waals surface area contributed by atoms with Crippen LogP contribution < -0.4 is 14.8 Å². The number of aromatic nitrogens is 1. The first-order valence-electron chi connectivity index (χ1n) is 6.80. The number of nitrogens with one attached hydrogen (secondary N) is 2. The van der Waals surface area contributed by atoms with E-state index in [9.17, 15) is 13.2 Å². The SMILES string of the molecule is COc1nscc1S(=O)(=O)NCC(=O)NC1CCCCC1. The number of carbonyl (C=O) groups is 1. The van der Waals surface area contributed by atoms with Gasteiger partial charge in [-0.2, -0.15) is 4.37 Å². The number of ether oxygens (including phenoxy) is 1. The van der Waals surface area contributed by atoms with Crippen molar-refractivity contribution < 1.29 is 17.9 Å². The Hall–Kier alpha value is -1.19. The van der Waals surface area contributed by atoms with Gasteiger partial charge in [0.1, 0.15) is 0 Å². The summed E-state index contributed by atoms with van der Waals surface area (Å²) in [6.45, 7) is -0.280. The van der Waals surface area contributed by atoms with Gasteiger partial charge in [-0.1, -0.05) is 19.3 Å². The van der Waals surface area contributed by atoms with Gasteiger partial charge in [-0.05, 0) is 24.4 Å². The number of nitrogens with zero attached hydrogens (tertiary/aromatic N) is 1. The molecule has 1 heterocycles. The lowest BCUT2D eigenvalue weighted by Gasteiger charge is -2.22. The molecule has 1 aromatic rings. The Labute approximate surface area is 128 Å². The van der Waals surface area contributed by atoms with Crippen molar-refractivity contribution in [1.82, 2.24) is 14.4 Å². The monoisotopic (exact) mass is 333 g/mol. The predicted octanol–water partition coefficient (Wildman–Crippen LogP) is 0.879. The fraction of sp³-hybridized carbons (Fsp3) is 0.667. The fourth-order valence-corrected chi connectivity index (χ4v) is 4.34. The standard InChI is InChI=1S/C12H19N3O4S2/c1-19-12-10(8-20-15-12)21(17,18)13-7-11(16)14-9-5-3-2-4-6-9/h8-9,13H,2-7H2,1H3,(H,14,16). The Balaban J connectivity index is 1.88. The fourth-order valence-electron chi connectivity index (χ4n) is 2.30. The molecule has 0 aromatic carbocycles. The van der Waals surface area contributed by atoms with E-state index in [1.165, 1.54) is 18.9 Å². The Kier molecular flexibility index (Phi) is 5.54. The second-order valence-electron chi connectivity index (χ2n) is 4.92. The van der Waals surface area contributed by atoms with Gasteiger partial charge < -0.3 is 10.1 Å². The lowest BCUT2D eigenvalue weighted by molar-refractivity contribution is -0.120. The zero-order chi connectivity index (χ0) is 15.3. The molecule has 1 amide bonds. The van der Waals surface area contributed by atoms with Crippen LogP contribution in [0.15, 0.2) is 10.3 Å². The van der Waals surface area contributed by atoms with Crippen LogP contribution in [0.3, 0.4) is 0 Å². The molecule has 7 nitrogen and oxygen atoms in total. The highest BCUT2D eigenvalue weighted by atomic mass is 32.2. The van der Waals surface area contributed by atoms with E-state index in [1.54, 1.807) is 0 Å². The highest BCUT2D eigenvalue weighted by Crippen LogP contribution is 2.23. The smallest absolute Gasteiger partial charge is 0.247 e. The maximum Gasteiger partial charge on any atom is 0.247 e. The van der Waals surface area contributed by atoms with Gasteiger partial charge in [-0.15, -0.1) is 0 Å². The number of amides is 1. The lowest BCUT2D eigenvalue weighted by Crippen LogP contribution is -2.42. The Bertz CT molecular complexity index is 579. The van der Waals surface area contributed by atoms with Crippen LogP contribution in [0.1, 0.15) is 32.1 Å². The van der Waals surface area contributed by atoms with Gasteiger partial charge in [0.25, 0.3) is 0 Å². The van der Waals surface area contributed by atoms with Crippen LogP contribution >= 0.6 is 11.5 Å². The predicted molar refractivity (Wildman–Crippen MR) is 78.9 cm³/mol. The molecular formula is C12H19N3O4S2. The molecule has 1 aliphatic carbocycles. The van der Waals surface area contributed by atoms with Crippen LogP contribution in [0.5, 0.6) is 5.88 Å². The van der Waals surface area contributed by atoms with E-state index < -0.39 is 10.0 Å². The van der Waals surface area contributed by atoms with Gasteiger partial charge in [0.05, 0.1) is 13.7 Å². The van der Waals surface area contributed by atoms with E-state index in [-0.39, 0.29) is 29.3 Å². The quantitative estimate of drug-likeness (QED) is 0.805. The summed E-state index contributed by atoms with van der Waals surface area (Å²) in [7, 11) is -2.43. The number of hydrogen-bond donors (Lipinski definition) is 2. The molecular weight excluding hydrogens is 314 g/mol. The second kappa shape index (κ2) is 7.19. The minimum absolute atomic E-state index is 0.0412. The van der Waals surface area contributed by atoms with Crippen LogP contribution in [0.4, 0.5) is 0 Å². The van der Waals surface area contributed by atoms with Crippen molar-refractivity contribution in [2.45, 2.75) is 43.0 Å². The summed E-state index contributed by atoms with van der Waals surface area (Å²) in [5.41, 5.74) is 0. The van der Waals surface area contributed by atoms with Crippen LogP contribution in [0.25, 0.3) is 0 Å². The summed E-state index contributed by atoms with van der Waals surface area (Å²) in [6, 6.07) is 0.160. The summed E-state index contributed by atoms with van der Waals surface area (Å²) in [4.78, 5) is 11.8. The molecule has 0 radical (unpaired) electrons. The maximum atomic E-state index is 12.1. The van der Waals surface area contributed by atoms with Gasteiger partial charge in [0, 0.05) is 11.4 Å². The third-order valence-electron chi connectivity index (χ3n) is 3.38. The van der Waals surface area contributed by atoms with Crippen molar-refractivity contribution in [3.63, 3.8) is 0 Å². The van der Waals surface area contributed by atoms with E-state index >= 15 is 0 Å². The van der Waals surface area contributed by atoms with E-state index in [4.69, 9.17) is 4.74 Å². The highest BCUT2D eigenvalue weighted by Gasteiger charge is 2.23. The van der Waals surface area contributed by atoms with E-state index in [2.05, 4.69) is 14.4 Å². The zero-order valence-corrected chi connectivity index (χ0v) is 13.4. The molecule has 9 heteroatoms. The Morgan fingerprint density at radius 1 is 1.43 bits per heavy atom. The third-order valence-corrected chi connectivity index (χ3v) is 5.54. The molecule has 0 atom stereocenters. The second-order valence-corrected chi connectivity index (χ2v) is 7.28. The van der Waals surface area contributed by atoms with Crippen LogP contribution in [-0.4, -0.2) is 38.4 Å². The van der Waals surface area contributed by atoms with Crippen molar-refractivity contribution in [3.8, 4) is 5.88 Å². The minimum Gasteiger partial charge on any atom is -0.479 e. The van der Waals surface area contributed by atoms with Crippen molar-refractivity contribution in [2.24, 2.45) is 0 Å².